The first-order valence-electron chi connectivity index (χ1n) is 7.81. The molecule has 1 aliphatic heterocycles. The van der Waals surface area contributed by atoms with E-state index >= 15 is 0 Å². The third-order valence-corrected chi connectivity index (χ3v) is 4.63. The Bertz CT molecular complexity index is 907. The summed E-state index contributed by atoms with van der Waals surface area (Å²) in [6.45, 7) is 0. The minimum absolute atomic E-state index is 0.0250. The molecule has 0 bridgehead atoms. The van der Waals surface area contributed by atoms with Gasteiger partial charge in [0.1, 0.15) is 6.04 Å². The van der Waals surface area contributed by atoms with Gasteiger partial charge >= 0.3 is 5.97 Å². The molecule has 0 aromatic heterocycles. The quantitative estimate of drug-likeness (QED) is 0.457. The lowest BCUT2D eigenvalue weighted by molar-refractivity contribution is -0.121. The zero-order valence-corrected chi connectivity index (χ0v) is 15.5. The van der Waals surface area contributed by atoms with E-state index in [2.05, 4.69) is 10.1 Å². The van der Waals surface area contributed by atoms with Crippen LogP contribution in [0.25, 0.3) is 0 Å². The van der Waals surface area contributed by atoms with Gasteiger partial charge in [0.05, 0.1) is 34.8 Å². The lowest BCUT2D eigenvalue weighted by Gasteiger charge is -2.17. The molecule has 2 aromatic rings. The number of phenolic OH excluding ortho intramolecular Hbond substituents is 1. The number of benzene rings is 2. The largest absolute Gasteiger partial charge is 0.505 e. The Morgan fingerprint density at radius 3 is 2.33 bits per heavy atom. The third-order valence-electron chi connectivity index (χ3n) is 4.05. The average Bonchev–Trinajstić information content (AvgIpc) is 2.92. The number of aromatic hydroxyl groups is 1. The molecule has 27 heavy (non-hydrogen) atoms. The van der Waals surface area contributed by atoms with Crippen molar-refractivity contribution in [3.63, 3.8) is 0 Å². The second-order valence-corrected chi connectivity index (χ2v) is 6.61. The molecule has 7 nitrogen and oxygen atoms in total. The van der Waals surface area contributed by atoms with Gasteiger partial charge in [-0.05, 0) is 36.4 Å². The van der Waals surface area contributed by atoms with Crippen molar-refractivity contribution in [2.75, 3.05) is 17.3 Å². The van der Waals surface area contributed by atoms with Crippen LogP contribution in [0.1, 0.15) is 16.8 Å². The monoisotopic (exact) mass is 408 g/mol. The minimum atomic E-state index is -0.811. The topological polar surface area (TPSA) is 95.9 Å². The lowest BCUT2D eigenvalue weighted by Crippen LogP contribution is -2.34. The zero-order valence-electron chi connectivity index (χ0n) is 14.0. The molecule has 1 aliphatic rings. The van der Waals surface area contributed by atoms with Gasteiger partial charge in [0.15, 0.2) is 5.75 Å². The van der Waals surface area contributed by atoms with Gasteiger partial charge in [-0.1, -0.05) is 23.2 Å². The first-order chi connectivity index (χ1) is 12.8. The SMILES string of the molecule is COC(=O)c1ccc(N2C(=O)CC(Nc3cc(Cl)c(O)c(Cl)c3)C2=O)cc1. The maximum atomic E-state index is 12.7. The second-order valence-electron chi connectivity index (χ2n) is 5.80. The maximum absolute atomic E-state index is 12.7. The normalized spacial score (nSPS) is 16.6. The number of carbonyl (C=O) groups is 3. The number of carbonyl (C=O) groups excluding carboxylic acids is 3. The van der Waals surface area contributed by atoms with Crippen LogP contribution in [-0.4, -0.2) is 36.0 Å². The summed E-state index contributed by atoms with van der Waals surface area (Å²) in [5, 5.41) is 12.6. The molecule has 2 amide bonds. The number of amides is 2. The molecule has 0 spiro atoms. The van der Waals surface area contributed by atoms with Gasteiger partial charge in [-0.25, -0.2) is 9.69 Å². The molecule has 1 fully saturated rings. The molecule has 0 radical (unpaired) electrons. The van der Waals surface area contributed by atoms with Crippen molar-refractivity contribution in [3.05, 3.63) is 52.0 Å². The number of anilines is 2. The lowest BCUT2D eigenvalue weighted by atomic mass is 10.2. The summed E-state index contributed by atoms with van der Waals surface area (Å²) < 4.78 is 4.62. The molecule has 0 saturated carbocycles. The van der Waals surface area contributed by atoms with E-state index in [1.165, 1.54) is 43.5 Å². The number of methoxy groups -OCH3 is 1. The van der Waals surface area contributed by atoms with E-state index in [1.807, 2.05) is 0 Å². The smallest absolute Gasteiger partial charge is 0.337 e. The van der Waals surface area contributed by atoms with Crippen molar-refractivity contribution < 1.29 is 24.2 Å². The van der Waals surface area contributed by atoms with Gasteiger partial charge in [0.25, 0.3) is 5.91 Å². The van der Waals surface area contributed by atoms with Crippen LogP contribution in [0.4, 0.5) is 11.4 Å². The number of nitrogens with one attached hydrogen (secondary N) is 1. The molecule has 9 heteroatoms. The van der Waals surface area contributed by atoms with Crippen LogP contribution in [0, 0.1) is 0 Å². The summed E-state index contributed by atoms with van der Waals surface area (Å²) in [7, 11) is 1.27. The van der Waals surface area contributed by atoms with E-state index in [9.17, 15) is 19.5 Å². The van der Waals surface area contributed by atoms with E-state index < -0.39 is 17.9 Å². The summed E-state index contributed by atoms with van der Waals surface area (Å²) in [5.41, 5.74) is 1.06. The molecule has 1 heterocycles. The first-order valence-corrected chi connectivity index (χ1v) is 8.57. The summed E-state index contributed by atoms with van der Waals surface area (Å²) in [6.07, 6.45) is -0.0618. The van der Waals surface area contributed by atoms with Crippen molar-refractivity contribution in [3.8, 4) is 5.75 Å². The van der Waals surface area contributed by atoms with Crippen molar-refractivity contribution >= 4 is 52.4 Å². The molecule has 2 aromatic carbocycles. The Morgan fingerprint density at radius 2 is 1.78 bits per heavy atom. The Morgan fingerprint density at radius 1 is 1.19 bits per heavy atom. The Hall–Kier alpha value is -2.77. The van der Waals surface area contributed by atoms with Crippen molar-refractivity contribution in [1.29, 1.82) is 0 Å². The Kier molecular flexibility index (Phi) is 5.25. The van der Waals surface area contributed by atoms with Crippen LogP contribution in [0.5, 0.6) is 5.75 Å². The number of phenols is 1. The van der Waals surface area contributed by atoms with Crippen LogP contribution >= 0.6 is 23.2 Å². The maximum Gasteiger partial charge on any atom is 0.337 e. The van der Waals surface area contributed by atoms with Gasteiger partial charge < -0.3 is 15.2 Å². The van der Waals surface area contributed by atoms with Crippen molar-refractivity contribution in [2.45, 2.75) is 12.5 Å². The predicted octanol–water partition coefficient (Wildman–Crippen LogP) is 3.23. The van der Waals surface area contributed by atoms with Crippen LogP contribution in [-0.2, 0) is 14.3 Å². The highest BCUT2D eigenvalue weighted by Crippen LogP contribution is 2.35. The fraction of sp³-hybridized carbons (Fsp3) is 0.167. The number of rotatable bonds is 4. The molecule has 0 aliphatic carbocycles. The second kappa shape index (κ2) is 7.46. The van der Waals surface area contributed by atoms with Crippen LogP contribution in [0.2, 0.25) is 10.0 Å². The van der Waals surface area contributed by atoms with Gasteiger partial charge in [-0.2, -0.15) is 0 Å². The standard InChI is InChI=1S/C18H14Cl2N2O5/c1-27-18(26)9-2-4-11(5-3-9)22-15(23)8-14(17(22)25)21-10-6-12(19)16(24)13(20)7-10/h2-7,14,21,24H,8H2,1H3. The number of ether oxygens (including phenoxy) is 1. The van der Waals surface area contributed by atoms with Crippen molar-refractivity contribution in [1.82, 2.24) is 0 Å². The fourth-order valence-electron chi connectivity index (χ4n) is 2.73. The Labute approximate surface area is 164 Å². The molecular weight excluding hydrogens is 395 g/mol. The Balaban J connectivity index is 1.80. The molecule has 1 unspecified atom stereocenters. The number of hydrogen-bond donors (Lipinski definition) is 2. The summed E-state index contributed by atoms with van der Waals surface area (Å²) >= 11 is 11.7. The summed E-state index contributed by atoms with van der Waals surface area (Å²) in [5.74, 6) is -1.61. The minimum Gasteiger partial charge on any atom is -0.505 e. The molecule has 2 N–H and O–H groups in total. The molecule has 140 valence electrons. The van der Waals surface area contributed by atoms with Gasteiger partial charge in [0.2, 0.25) is 5.91 Å². The van der Waals surface area contributed by atoms with E-state index in [4.69, 9.17) is 23.2 Å². The molecular formula is C18H14Cl2N2O5. The molecule has 1 atom stereocenters. The number of nitrogens with zero attached hydrogens (tertiary/aromatic N) is 1. The number of halogens is 2. The van der Waals surface area contributed by atoms with E-state index in [0.717, 1.165) is 4.90 Å². The first kappa shape index (κ1) is 19.0. The highest BCUT2D eigenvalue weighted by molar-refractivity contribution is 6.37. The predicted molar refractivity (Wildman–Crippen MR) is 100 cm³/mol. The van der Waals surface area contributed by atoms with Crippen LogP contribution in [0.15, 0.2) is 36.4 Å². The number of imide groups is 1. The van der Waals surface area contributed by atoms with E-state index in [1.54, 1.807) is 0 Å². The summed E-state index contributed by atoms with van der Waals surface area (Å²) in [6, 6.07) is 7.96. The van der Waals surface area contributed by atoms with Crippen LogP contribution in [0.3, 0.4) is 0 Å². The average molecular weight is 409 g/mol. The molecule has 3 rings (SSSR count). The number of esters is 1. The highest BCUT2D eigenvalue weighted by atomic mass is 35.5. The number of hydrogen-bond acceptors (Lipinski definition) is 6. The third kappa shape index (κ3) is 3.70. The van der Waals surface area contributed by atoms with Gasteiger partial charge in [0, 0.05) is 5.69 Å². The molecule has 1 saturated heterocycles. The zero-order chi connectivity index (χ0) is 19.7. The van der Waals surface area contributed by atoms with Gasteiger partial charge in [-0.3, -0.25) is 9.59 Å². The van der Waals surface area contributed by atoms with Gasteiger partial charge in [-0.15, -0.1) is 0 Å². The highest BCUT2D eigenvalue weighted by Gasteiger charge is 2.39. The van der Waals surface area contributed by atoms with E-state index in [-0.39, 0.29) is 28.1 Å². The van der Waals surface area contributed by atoms with E-state index in [0.29, 0.717) is 16.9 Å². The van der Waals surface area contributed by atoms with Crippen LogP contribution < -0.4 is 10.2 Å². The summed E-state index contributed by atoms with van der Waals surface area (Å²) in [4.78, 5) is 37.5. The van der Waals surface area contributed by atoms with Crippen molar-refractivity contribution in [2.24, 2.45) is 0 Å². The fourth-order valence-corrected chi connectivity index (χ4v) is 3.22.